The van der Waals surface area contributed by atoms with Crippen LogP contribution in [0.2, 0.25) is 0 Å². The van der Waals surface area contributed by atoms with Gasteiger partial charge in [-0.25, -0.2) is 0 Å². The number of carbonyl (C=O) groups is 1. The van der Waals surface area contributed by atoms with E-state index in [1.165, 1.54) is 7.11 Å². The topological polar surface area (TPSA) is 47.6 Å². The number of alkyl halides is 1. The summed E-state index contributed by atoms with van der Waals surface area (Å²) in [5, 5.41) is 2.93. The average Bonchev–Trinajstić information content (AvgIpc) is 2.45. The molecule has 0 aliphatic heterocycles. The van der Waals surface area contributed by atoms with Crippen molar-refractivity contribution < 1.29 is 14.3 Å². The molecular weight excluding hydrogens is 266 g/mol. The van der Waals surface area contributed by atoms with E-state index in [9.17, 15) is 4.79 Å². The van der Waals surface area contributed by atoms with Gasteiger partial charge >= 0.3 is 0 Å². The summed E-state index contributed by atoms with van der Waals surface area (Å²) in [6.07, 6.45) is 1.64. The molecule has 0 fully saturated rings. The van der Waals surface area contributed by atoms with E-state index in [4.69, 9.17) is 21.1 Å². The van der Waals surface area contributed by atoms with Crippen LogP contribution in [0.3, 0.4) is 0 Å². The minimum absolute atomic E-state index is 0.0954. The molecule has 0 aliphatic rings. The van der Waals surface area contributed by atoms with Crippen molar-refractivity contribution in [1.29, 1.82) is 0 Å². The Kier molecular flexibility index (Phi) is 6.50. The molecule has 0 aliphatic carbocycles. The standard InChI is InChI=1S/C14H20ClNO3/c1-4-10(15)7-8-16-14(17)12-6-5-11(18-2)9-13(12)19-3/h5-6,9-10H,4,7-8H2,1-3H3,(H,16,17). The molecule has 1 aromatic carbocycles. The Morgan fingerprint density at radius 2 is 2.11 bits per heavy atom. The second-order valence-electron chi connectivity index (χ2n) is 4.12. The maximum absolute atomic E-state index is 12.0. The molecule has 1 atom stereocenters. The zero-order valence-electron chi connectivity index (χ0n) is 11.5. The third-order valence-electron chi connectivity index (χ3n) is 2.84. The van der Waals surface area contributed by atoms with Crippen LogP contribution in [0.1, 0.15) is 30.1 Å². The van der Waals surface area contributed by atoms with Crippen LogP contribution in [0.5, 0.6) is 11.5 Å². The Morgan fingerprint density at radius 3 is 2.68 bits per heavy atom. The number of amides is 1. The lowest BCUT2D eigenvalue weighted by atomic mass is 10.1. The lowest BCUT2D eigenvalue weighted by Gasteiger charge is -2.11. The van der Waals surface area contributed by atoms with E-state index >= 15 is 0 Å². The quantitative estimate of drug-likeness (QED) is 0.784. The van der Waals surface area contributed by atoms with E-state index in [-0.39, 0.29) is 11.3 Å². The first-order valence-electron chi connectivity index (χ1n) is 6.26. The van der Waals surface area contributed by atoms with Crippen LogP contribution in [-0.4, -0.2) is 32.0 Å². The van der Waals surface area contributed by atoms with Crippen molar-refractivity contribution in [2.75, 3.05) is 20.8 Å². The van der Waals surface area contributed by atoms with Gasteiger partial charge in [0.25, 0.3) is 5.91 Å². The maximum atomic E-state index is 12.0. The van der Waals surface area contributed by atoms with E-state index in [1.807, 2.05) is 6.92 Å². The fourth-order valence-electron chi connectivity index (χ4n) is 1.63. The summed E-state index contributed by atoms with van der Waals surface area (Å²) in [5.74, 6) is 0.981. The first-order chi connectivity index (χ1) is 9.12. The second-order valence-corrected chi connectivity index (χ2v) is 4.73. The summed E-state index contributed by atoms with van der Waals surface area (Å²) in [6.45, 7) is 2.57. The number of hydrogen-bond donors (Lipinski definition) is 1. The number of hydrogen-bond acceptors (Lipinski definition) is 3. The van der Waals surface area contributed by atoms with Gasteiger partial charge in [-0.15, -0.1) is 11.6 Å². The minimum Gasteiger partial charge on any atom is -0.497 e. The van der Waals surface area contributed by atoms with Gasteiger partial charge in [-0.3, -0.25) is 4.79 Å². The fraction of sp³-hybridized carbons (Fsp3) is 0.500. The van der Waals surface area contributed by atoms with Gasteiger partial charge < -0.3 is 14.8 Å². The zero-order chi connectivity index (χ0) is 14.3. The number of ether oxygens (including phenoxy) is 2. The van der Waals surface area contributed by atoms with E-state index in [1.54, 1.807) is 25.3 Å². The van der Waals surface area contributed by atoms with Crippen LogP contribution in [0.15, 0.2) is 18.2 Å². The van der Waals surface area contributed by atoms with E-state index in [0.29, 0.717) is 23.6 Å². The zero-order valence-corrected chi connectivity index (χ0v) is 12.3. The normalized spacial score (nSPS) is 11.8. The highest BCUT2D eigenvalue weighted by Gasteiger charge is 2.13. The predicted molar refractivity (Wildman–Crippen MR) is 76.4 cm³/mol. The van der Waals surface area contributed by atoms with Crippen LogP contribution in [0, 0.1) is 0 Å². The van der Waals surface area contributed by atoms with Crippen molar-refractivity contribution in [2.24, 2.45) is 0 Å². The van der Waals surface area contributed by atoms with Crippen LogP contribution < -0.4 is 14.8 Å². The summed E-state index contributed by atoms with van der Waals surface area (Å²) >= 11 is 6.00. The van der Waals surface area contributed by atoms with Crippen LogP contribution in [-0.2, 0) is 0 Å². The highest BCUT2D eigenvalue weighted by molar-refractivity contribution is 6.20. The Balaban J connectivity index is 2.66. The Labute approximate surface area is 119 Å². The molecule has 0 heterocycles. The van der Waals surface area contributed by atoms with Gasteiger partial charge in [-0.1, -0.05) is 6.92 Å². The van der Waals surface area contributed by atoms with Gasteiger partial charge in [0, 0.05) is 18.0 Å². The van der Waals surface area contributed by atoms with E-state index < -0.39 is 0 Å². The molecule has 1 amide bonds. The van der Waals surface area contributed by atoms with Gasteiger partial charge in [0.05, 0.1) is 19.8 Å². The molecule has 0 bridgehead atoms. The largest absolute Gasteiger partial charge is 0.497 e. The number of rotatable bonds is 7. The SMILES string of the molecule is CCC(Cl)CCNC(=O)c1ccc(OC)cc1OC. The van der Waals surface area contributed by atoms with Crippen LogP contribution >= 0.6 is 11.6 Å². The molecule has 0 radical (unpaired) electrons. The molecule has 0 saturated heterocycles. The van der Waals surface area contributed by atoms with E-state index in [0.717, 1.165) is 12.8 Å². The summed E-state index contributed by atoms with van der Waals surface area (Å²) in [6, 6.07) is 5.10. The van der Waals surface area contributed by atoms with Gasteiger partial charge in [-0.2, -0.15) is 0 Å². The molecule has 0 spiro atoms. The molecule has 4 nitrogen and oxygen atoms in total. The Morgan fingerprint density at radius 1 is 1.37 bits per heavy atom. The van der Waals surface area contributed by atoms with Crippen molar-refractivity contribution >= 4 is 17.5 Å². The monoisotopic (exact) mass is 285 g/mol. The average molecular weight is 286 g/mol. The highest BCUT2D eigenvalue weighted by Crippen LogP contribution is 2.24. The third kappa shape index (κ3) is 4.63. The Bertz CT molecular complexity index is 423. The number of halogens is 1. The summed E-state index contributed by atoms with van der Waals surface area (Å²) < 4.78 is 10.3. The lowest BCUT2D eigenvalue weighted by molar-refractivity contribution is 0.0950. The summed E-state index contributed by atoms with van der Waals surface area (Å²) in [5.41, 5.74) is 0.492. The molecule has 1 rings (SSSR count). The first-order valence-corrected chi connectivity index (χ1v) is 6.70. The van der Waals surface area contributed by atoms with Gasteiger partial charge in [-0.05, 0) is 25.0 Å². The predicted octanol–water partition coefficient (Wildman–Crippen LogP) is 2.84. The second kappa shape index (κ2) is 7.89. The molecule has 106 valence electrons. The third-order valence-corrected chi connectivity index (χ3v) is 3.37. The van der Waals surface area contributed by atoms with Gasteiger partial charge in [0.2, 0.25) is 0 Å². The molecule has 5 heteroatoms. The van der Waals surface area contributed by atoms with Gasteiger partial charge in [0.1, 0.15) is 11.5 Å². The molecule has 1 N–H and O–H groups in total. The maximum Gasteiger partial charge on any atom is 0.255 e. The highest BCUT2D eigenvalue weighted by atomic mass is 35.5. The molecule has 1 aromatic rings. The molecule has 0 saturated carbocycles. The fourth-order valence-corrected chi connectivity index (χ4v) is 1.74. The summed E-state index contributed by atoms with van der Waals surface area (Å²) in [7, 11) is 3.09. The van der Waals surface area contributed by atoms with Crippen LogP contribution in [0.25, 0.3) is 0 Å². The summed E-state index contributed by atoms with van der Waals surface area (Å²) in [4.78, 5) is 12.0. The molecule has 0 aromatic heterocycles. The number of methoxy groups -OCH3 is 2. The van der Waals surface area contributed by atoms with Crippen molar-refractivity contribution in [3.8, 4) is 11.5 Å². The number of carbonyl (C=O) groups excluding carboxylic acids is 1. The van der Waals surface area contributed by atoms with Gasteiger partial charge in [0.15, 0.2) is 0 Å². The first kappa shape index (κ1) is 15.6. The van der Waals surface area contributed by atoms with Crippen molar-refractivity contribution in [3.63, 3.8) is 0 Å². The van der Waals surface area contributed by atoms with E-state index in [2.05, 4.69) is 5.32 Å². The van der Waals surface area contributed by atoms with Crippen molar-refractivity contribution in [3.05, 3.63) is 23.8 Å². The number of benzene rings is 1. The number of nitrogens with one attached hydrogen (secondary N) is 1. The van der Waals surface area contributed by atoms with Crippen LogP contribution in [0.4, 0.5) is 0 Å². The molecule has 19 heavy (non-hydrogen) atoms. The minimum atomic E-state index is -0.167. The van der Waals surface area contributed by atoms with Crippen molar-refractivity contribution in [2.45, 2.75) is 25.1 Å². The Hall–Kier alpha value is -1.42. The molecular formula is C14H20ClNO3. The lowest BCUT2D eigenvalue weighted by Crippen LogP contribution is -2.26. The smallest absolute Gasteiger partial charge is 0.255 e. The molecule has 1 unspecified atom stereocenters. The van der Waals surface area contributed by atoms with Crippen molar-refractivity contribution in [1.82, 2.24) is 5.32 Å².